The van der Waals surface area contributed by atoms with Gasteiger partial charge in [0.1, 0.15) is 11.4 Å². The van der Waals surface area contributed by atoms with E-state index < -0.39 is 17.6 Å². The van der Waals surface area contributed by atoms with Crippen molar-refractivity contribution in [3.8, 4) is 5.75 Å². The molecule has 3 rings (SSSR count). The number of anilines is 1. The summed E-state index contributed by atoms with van der Waals surface area (Å²) in [6.07, 6.45) is 1.27. The van der Waals surface area contributed by atoms with E-state index in [0.717, 1.165) is 4.90 Å². The first-order valence-corrected chi connectivity index (χ1v) is 8.29. The predicted molar refractivity (Wildman–Crippen MR) is 101 cm³/mol. The Morgan fingerprint density at radius 2 is 1.69 bits per heavy atom. The fourth-order valence-electron chi connectivity index (χ4n) is 2.32. The lowest BCUT2D eigenvalue weighted by Gasteiger charge is -2.28. The van der Waals surface area contributed by atoms with E-state index in [9.17, 15) is 19.1 Å². The molecular formula is C17H9Cl2FN2O3S. The number of hydrogen-bond acceptors (Lipinski definition) is 4. The molecule has 0 spiro atoms. The number of amides is 2. The molecule has 26 heavy (non-hydrogen) atoms. The molecule has 0 radical (unpaired) electrons. The summed E-state index contributed by atoms with van der Waals surface area (Å²) in [6.45, 7) is 0. The van der Waals surface area contributed by atoms with Gasteiger partial charge in [0.25, 0.3) is 11.8 Å². The molecule has 2 amide bonds. The van der Waals surface area contributed by atoms with Crippen molar-refractivity contribution in [3.05, 3.63) is 63.4 Å². The zero-order chi connectivity index (χ0) is 19.0. The Bertz CT molecular complexity index is 953. The minimum Gasteiger partial charge on any atom is -0.505 e. The standard InChI is InChI=1S/C17H9Cl2FN2O3S/c18-12-6-8(7-13(19)14(12)23)5-11-15(24)21-17(26)22(16(11)25)10-3-1-9(20)2-4-10/h1-7,23H,(H,21,24,26)/b11-5+. The normalized spacial score (nSPS) is 16.2. The van der Waals surface area contributed by atoms with Crippen molar-refractivity contribution >= 4 is 64.1 Å². The molecule has 2 aromatic rings. The molecule has 2 N–H and O–H groups in total. The Kier molecular flexibility index (Phi) is 4.95. The van der Waals surface area contributed by atoms with Gasteiger partial charge in [-0.15, -0.1) is 0 Å². The van der Waals surface area contributed by atoms with E-state index in [4.69, 9.17) is 35.4 Å². The highest BCUT2D eigenvalue weighted by Crippen LogP contribution is 2.33. The van der Waals surface area contributed by atoms with E-state index in [-0.39, 0.29) is 26.5 Å². The maximum absolute atomic E-state index is 13.1. The van der Waals surface area contributed by atoms with Crippen LogP contribution in [-0.4, -0.2) is 22.0 Å². The van der Waals surface area contributed by atoms with Gasteiger partial charge in [-0.2, -0.15) is 0 Å². The molecule has 1 fully saturated rings. The molecule has 0 unspecified atom stereocenters. The molecule has 0 aliphatic carbocycles. The Morgan fingerprint density at radius 1 is 1.12 bits per heavy atom. The summed E-state index contributed by atoms with van der Waals surface area (Å²) in [5.74, 6) is -2.16. The van der Waals surface area contributed by atoms with E-state index in [1.165, 1.54) is 42.5 Å². The molecule has 2 aromatic carbocycles. The molecular weight excluding hydrogens is 402 g/mol. The van der Waals surface area contributed by atoms with Crippen molar-refractivity contribution in [2.75, 3.05) is 4.90 Å². The number of halogens is 3. The van der Waals surface area contributed by atoms with Gasteiger partial charge >= 0.3 is 0 Å². The number of hydrogen-bond donors (Lipinski definition) is 2. The summed E-state index contributed by atoms with van der Waals surface area (Å²) in [7, 11) is 0. The number of carbonyl (C=O) groups excluding carboxylic acids is 2. The van der Waals surface area contributed by atoms with Crippen LogP contribution in [0.5, 0.6) is 5.75 Å². The fourth-order valence-corrected chi connectivity index (χ4v) is 3.10. The highest BCUT2D eigenvalue weighted by molar-refractivity contribution is 7.80. The predicted octanol–water partition coefficient (Wildman–Crippen LogP) is 3.67. The van der Waals surface area contributed by atoms with E-state index in [0.29, 0.717) is 11.3 Å². The van der Waals surface area contributed by atoms with Crippen LogP contribution in [0.25, 0.3) is 6.08 Å². The van der Waals surface area contributed by atoms with Crippen molar-refractivity contribution in [2.45, 2.75) is 0 Å². The van der Waals surface area contributed by atoms with Gasteiger partial charge in [-0.25, -0.2) is 4.39 Å². The van der Waals surface area contributed by atoms with Gasteiger partial charge in [0.05, 0.1) is 15.7 Å². The van der Waals surface area contributed by atoms with Crippen LogP contribution in [0.15, 0.2) is 42.0 Å². The van der Waals surface area contributed by atoms with E-state index in [1.807, 2.05) is 0 Å². The van der Waals surface area contributed by atoms with E-state index >= 15 is 0 Å². The molecule has 5 nitrogen and oxygen atoms in total. The van der Waals surface area contributed by atoms with Crippen LogP contribution in [-0.2, 0) is 9.59 Å². The second-order valence-electron chi connectivity index (χ2n) is 5.27. The number of aromatic hydroxyl groups is 1. The van der Waals surface area contributed by atoms with Gasteiger partial charge in [-0.05, 0) is 60.3 Å². The first-order valence-electron chi connectivity index (χ1n) is 7.13. The van der Waals surface area contributed by atoms with Gasteiger partial charge in [0, 0.05) is 0 Å². The molecule has 1 saturated heterocycles. The van der Waals surface area contributed by atoms with Gasteiger partial charge in [-0.1, -0.05) is 23.2 Å². The van der Waals surface area contributed by atoms with Gasteiger partial charge in [0.2, 0.25) is 0 Å². The molecule has 0 aromatic heterocycles. The number of carbonyl (C=O) groups is 2. The van der Waals surface area contributed by atoms with Crippen molar-refractivity contribution in [3.63, 3.8) is 0 Å². The molecule has 1 aliphatic heterocycles. The molecule has 1 heterocycles. The lowest BCUT2D eigenvalue weighted by atomic mass is 10.1. The minimum atomic E-state index is -0.696. The number of nitrogens with zero attached hydrogens (tertiary/aromatic N) is 1. The molecule has 9 heteroatoms. The summed E-state index contributed by atoms with van der Waals surface area (Å²) < 4.78 is 13.1. The number of phenolic OH excluding ortho intramolecular Hbond substituents is 1. The van der Waals surface area contributed by atoms with Crippen LogP contribution < -0.4 is 10.2 Å². The van der Waals surface area contributed by atoms with Crippen LogP contribution in [0.2, 0.25) is 10.0 Å². The molecule has 1 aliphatic rings. The Morgan fingerprint density at radius 3 is 2.27 bits per heavy atom. The van der Waals surface area contributed by atoms with Crippen LogP contribution in [0.3, 0.4) is 0 Å². The number of benzene rings is 2. The maximum atomic E-state index is 13.1. The van der Waals surface area contributed by atoms with Crippen molar-refractivity contribution < 1.29 is 19.1 Å². The third-order valence-corrected chi connectivity index (χ3v) is 4.40. The van der Waals surface area contributed by atoms with Crippen LogP contribution in [0, 0.1) is 5.82 Å². The lowest BCUT2D eigenvalue weighted by Crippen LogP contribution is -2.54. The van der Waals surface area contributed by atoms with Gasteiger partial charge < -0.3 is 5.11 Å². The maximum Gasteiger partial charge on any atom is 0.270 e. The summed E-state index contributed by atoms with van der Waals surface area (Å²) in [5.41, 5.74) is 0.415. The van der Waals surface area contributed by atoms with Crippen molar-refractivity contribution in [1.82, 2.24) is 5.32 Å². The number of thiocarbonyl (C=S) groups is 1. The molecule has 0 saturated carbocycles. The second kappa shape index (κ2) is 7.03. The van der Waals surface area contributed by atoms with Crippen LogP contribution in [0.1, 0.15) is 5.56 Å². The molecule has 132 valence electrons. The average Bonchev–Trinajstić information content (AvgIpc) is 2.58. The number of nitrogens with one attached hydrogen (secondary N) is 1. The smallest absolute Gasteiger partial charge is 0.270 e. The van der Waals surface area contributed by atoms with Crippen molar-refractivity contribution in [1.29, 1.82) is 0 Å². The average molecular weight is 411 g/mol. The van der Waals surface area contributed by atoms with E-state index in [2.05, 4.69) is 5.32 Å². The molecule has 0 atom stereocenters. The van der Waals surface area contributed by atoms with Crippen LogP contribution >= 0.6 is 35.4 Å². The summed E-state index contributed by atoms with van der Waals surface area (Å²) in [5, 5.41) is 11.8. The summed E-state index contributed by atoms with van der Waals surface area (Å²) in [4.78, 5) is 26.0. The fraction of sp³-hybridized carbons (Fsp3) is 0. The first kappa shape index (κ1) is 18.3. The summed E-state index contributed by atoms with van der Waals surface area (Å²) >= 11 is 16.8. The number of phenols is 1. The second-order valence-corrected chi connectivity index (χ2v) is 6.47. The number of rotatable bonds is 2. The SMILES string of the molecule is O=C1NC(=S)N(c2ccc(F)cc2)C(=O)/C1=C/c1cc(Cl)c(O)c(Cl)c1. The quantitative estimate of drug-likeness (QED) is 0.450. The Balaban J connectivity index is 2.04. The third-order valence-electron chi connectivity index (χ3n) is 3.54. The highest BCUT2D eigenvalue weighted by Gasteiger charge is 2.34. The zero-order valence-electron chi connectivity index (χ0n) is 12.8. The van der Waals surface area contributed by atoms with E-state index in [1.54, 1.807) is 0 Å². The largest absolute Gasteiger partial charge is 0.505 e. The minimum absolute atomic E-state index is 0.0288. The summed E-state index contributed by atoms with van der Waals surface area (Å²) in [6, 6.07) is 7.78. The van der Waals surface area contributed by atoms with Gasteiger partial charge in [0.15, 0.2) is 10.9 Å². The lowest BCUT2D eigenvalue weighted by molar-refractivity contribution is -0.122. The monoisotopic (exact) mass is 410 g/mol. The highest BCUT2D eigenvalue weighted by atomic mass is 35.5. The Hall–Kier alpha value is -2.48. The zero-order valence-corrected chi connectivity index (χ0v) is 15.1. The topological polar surface area (TPSA) is 69.6 Å². The molecule has 0 bridgehead atoms. The first-order chi connectivity index (χ1) is 12.3. The van der Waals surface area contributed by atoms with Crippen LogP contribution in [0.4, 0.5) is 10.1 Å². The van der Waals surface area contributed by atoms with Crippen molar-refractivity contribution in [2.24, 2.45) is 0 Å². The third kappa shape index (κ3) is 3.41. The van der Waals surface area contributed by atoms with Gasteiger partial charge in [-0.3, -0.25) is 19.8 Å². The Labute approximate surface area is 162 Å².